The van der Waals surface area contributed by atoms with E-state index in [0.29, 0.717) is 35.2 Å². The normalized spacial score (nSPS) is 21.4. The van der Waals surface area contributed by atoms with Crippen LogP contribution >= 0.6 is 22.6 Å². The maximum atomic E-state index is 13.1. The number of urea groups is 1. The van der Waals surface area contributed by atoms with E-state index in [1.165, 1.54) is 0 Å². The Morgan fingerprint density at radius 2 is 2.00 bits per heavy atom. The second-order valence-electron chi connectivity index (χ2n) is 7.40. The van der Waals surface area contributed by atoms with Crippen LogP contribution in [0.3, 0.4) is 0 Å². The van der Waals surface area contributed by atoms with Gasteiger partial charge < -0.3 is 20.9 Å². The lowest BCUT2D eigenvalue weighted by Gasteiger charge is -2.18. The molecule has 0 aliphatic carbocycles. The van der Waals surface area contributed by atoms with Crippen LogP contribution in [0.5, 0.6) is 0 Å². The average molecular weight is 541 g/mol. The number of aromatic nitrogens is 2. The summed E-state index contributed by atoms with van der Waals surface area (Å²) in [6, 6.07) is 4.91. The van der Waals surface area contributed by atoms with E-state index in [1.54, 1.807) is 29.3 Å². The predicted octanol–water partition coefficient (Wildman–Crippen LogP) is 4.06. The van der Waals surface area contributed by atoms with E-state index in [0.717, 1.165) is 41.7 Å². The Morgan fingerprint density at radius 3 is 2.80 bits per heavy atom. The number of amides is 2. The molecule has 2 aliphatic heterocycles. The fourth-order valence-corrected chi connectivity index (χ4v) is 5.42. The summed E-state index contributed by atoms with van der Waals surface area (Å²) >= 11 is 2.18. The van der Waals surface area contributed by atoms with Gasteiger partial charge in [-0.2, -0.15) is 4.98 Å². The van der Waals surface area contributed by atoms with Crippen molar-refractivity contribution in [3.63, 3.8) is 0 Å². The second-order valence-corrected chi connectivity index (χ2v) is 10.8. The van der Waals surface area contributed by atoms with Gasteiger partial charge in [0.1, 0.15) is 5.82 Å². The first-order valence-corrected chi connectivity index (χ1v) is 12.7. The smallest absolute Gasteiger partial charge is 0.321 e. The molecule has 1 aromatic heterocycles. The van der Waals surface area contributed by atoms with Crippen molar-refractivity contribution in [1.29, 1.82) is 4.78 Å². The highest BCUT2D eigenvalue weighted by molar-refractivity contribution is 14.1. The van der Waals surface area contributed by atoms with Gasteiger partial charge in [0.05, 0.1) is 18.2 Å². The van der Waals surface area contributed by atoms with Crippen molar-refractivity contribution < 1.29 is 9.00 Å². The van der Waals surface area contributed by atoms with Crippen molar-refractivity contribution in [3.8, 4) is 0 Å². The minimum Gasteiger partial charge on any atom is -0.369 e. The van der Waals surface area contributed by atoms with Crippen LogP contribution < -0.4 is 16.0 Å². The third kappa shape index (κ3) is 4.94. The minimum absolute atomic E-state index is 0.179. The number of likely N-dealkylation sites (tertiary alicyclic amines) is 1. The number of hydrogen-bond donors (Lipinski definition) is 4. The van der Waals surface area contributed by atoms with Crippen molar-refractivity contribution >= 4 is 61.5 Å². The first-order chi connectivity index (χ1) is 14.4. The van der Waals surface area contributed by atoms with Gasteiger partial charge in [-0.1, -0.05) is 0 Å². The summed E-state index contributed by atoms with van der Waals surface area (Å²) in [4.78, 5) is 23.6. The van der Waals surface area contributed by atoms with E-state index >= 15 is 0 Å². The molecule has 1 aromatic carbocycles. The Kier molecular flexibility index (Phi) is 6.27. The van der Waals surface area contributed by atoms with Crippen molar-refractivity contribution in [2.75, 3.05) is 41.3 Å². The van der Waals surface area contributed by atoms with Crippen LogP contribution in [0.4, 0.5) is 27.9 Å². The zero-order chi connectivity index (χ0) is 21.1. The van der Waals surface area contributed by atoms with Crippen LogP contribution in [0.2, 0.25) is 0 Å². The molecule has 30 heavy (non-hydrogen) atoms. The van der Waals surface area contributed by atoms with Gasteiger partial charge in [-0.3, -0.25) is 0 Å². The first kappa shape index (κ1) is 21.1. The summed E-state index contributed by atoms with van der Waals surface area (Å²) in [5.41, 5.74) is 1.08. The van der Waals surface area contributed by atoms with E-state index in [1.807, 2.05) is 0 Å². The third-order valence-electron chi connectivity index (χ3n) is 5.08. The Morgan fingerprint density at radius 1 is 1.20 bits per heavy atom. The van der Waals surface area contributed by atoms with Gasteiger partial charge in [0.15, 0.2) is 0 Å². The lowest BCUT2D eigenvalue weighted by atomic mass is 10.2. The molecule has 11 heteroatoms. The zero-order valence-electron chi connectivity index (χ0n) is 16.4. The van der Waals surface area contributed by atoms with Gasteiger partial charge in [0.2, 0.25) is 5.95 Å². The monoisotopic (exact) mass is 541 g/mol. The molecule has 0 saturated carbocycles. The van der Waals surface area contributed by atoms with E-state index in [9.17, 15) is 9.00 Å². The minimum atomic E-state index is -3.00. The Labute approximate surface area is 189 Å². The lowest BCUT2D eigenvalue weighted by molar-refractivity contribution is 0.222. The molecule has 1 fully saturated rings. The molecule has 1 atom stereocenters. The van der Waals surface area contributed by atoms with Gasteiger partial charge in [0, 0.05) is 43.0 Å². The Balaban J connectivity index is 1.70. The second kappa shape index (κ2) is 8.92. The number of nitrogens with zero attached hydrogens (tertiary/aromatic N) is 3. The zero-order valence-corrected chi connectivity index (χ0v) is 19.4. The molecule has 0 radical (unpaired) electrons. The first-order valence-electron chi connectivity index (χ1n) is 9.92. The number of anilines is 4. The predicted molar refractivity (Wildman–Crippen MR) is 126 cm³/mol. The molecule has 1 saturated heterocycles. The third-order valence-corrected chi connectivity index (χ3v) is 7.73. The number of carbonyl (C=O) groups is 1. The van der Waals surface area contributed by atoms with Gasteiger partial charge in [-0.15, -0.1) is 0 Å². The van der Waals surface area contributed by atoms with Crippen LogP contribution in [0.25, 0.3) is 0 Å². The topological polar surface area (TPSA) is 123 Å². The molecule has 1 unspecified atom stereocenters. The summed E-state index contributed by atoms with van der Waals surface area (Å²) in [6.45, 7) is 2.15. The van der Waals surface area contributed by atoms with Gasteiger partial charge in [0.25, 0.3) is 0 Å². The van der Waals surface area contributed by atoms with Crippen molar-refractivity contribution in [2.24, 2.45) is 0 Å². The fraction of sp³-hybridized carbons (Fsp3) is 0.421. The van der Waals surface area contributed by atoms with Gasteiger partial charge in [-0.25, -0.2) is 18.8 Å². The number of halogens is 1. The van der Waals surface area contributed by atoms with Crippen molar-refractivity contribution in [1.82, 2.24) is 14.9 Å². The maximum Gasteiger partial charge on any atom is 0.321 e. The van der Waals surface area contributed by atoms with E-state index in [4.69, 9.17) is 4.78 Å². The number of nitrogens with one attached hydrogen (secondary N) is 4. The Bertz CT molecular complexity index is 1050. The average Bonchev–Trinajstić information content (AvgIpc) is 3.24. The van der Waals surface area contributed by atoms with Crippen molar-refractivity contribution in [3.05, 3.63) is 28.0 Å². The van der Waals surface area contributed by atoms with Gasteiger partial charge in [-0.05, 0) is 66.5 Å². The molecular weight excluding hydrogens is 517 g/mol. The fourth-order valence-electron chi connectivity index (χ4n) is 3.49. The largest absolute Gasteiger partial charge is 0.369 e. The maximum absolute atomic E-state index is 13.1. The number of carbonyl (C=O) groups excluding carboxylic acids is 1. The molecule has 9 nitrogen and oxygen atoms in total. The number of hydrogen-bond acceptors (Lipinski definition) is 7. The molecule has 160 valence electrons. The highest BCUT2D eigenvalue weighted by Crippen LogP contribution is 2.28. The highest BCUT2D eigenvalue weighted by Gasteiger charge is 2.20. The number of benzene rings is 1. The molecule has 2 aliphatic rings. The molecule has 4 N–H and O–H groups in total. The highest BCUT2D eigenvalue weighted by atomic mass is 127. The van der Waals surface area contributed by atoms with E-state index in [-0.39, 0.29) is 11.8 Å². The SMILES string of the molecule is N=S1(=O)CCCCNc2nc(ncc2I)Nc2cc(NC(=O)N3CCCC3)cc1c2. The summed E-state index contributed by atoms with van der Waals surface area (Å²) in [7, 11) is -3.00. The summed E-state index contributed by atoms with van der Waals surface area (Å²) in [5, 5.41) is 9.31. The molecule has 2 aromatic rings. The number of rotatable bonds is 1. The summed E-state index contributed by atoms with van der Waals surface area (Å²) < 4.78 is 22.5. The van der Waals surface area contributed by atoms with Crippen LogP contribution in [-0.4, -0.2) is 50.5 Å². The lowest BCUT2D eigenvalue weighted by Crippen LogP contribution is -2.32. The Hall–Kier alpha value is -2.15. The molecule has 3 heterocycles. The standard InChI is InChI=1S/C19H24IN7O2S/c20-16-12-23-18-24-13-9-14(25-19(28)27-6-2-3-7-27)11-15(10-13)30(21,29)8-4-1-5-22-17(16)26-18/h9-12,21H,1-8H2,(H,25,28)(H2,22,23,24,26). The number of fused-ring (bicyclic) bond motifs is 4. The summed E-state index contributed by atoms with van der Waals surface area (Å²) in [6.07, 6.45) is 5.15. The molecule has 4 bridgehead atoms. The molecule has 4 rings (SSSR count). The van der Waals surface area contributed by atoms with Gasteiger partial charge >= 0.3 is 6.03 Å². The van der Waals surface area contributed by atoms with Crippen LogP contribution in [0.1, 0.15) is 25.7 Å². The quantitative estimate of drug-likeness (QED) is 0.404. The van der Waals surface area contributed by atoms with E-state index < -0.39 is 9.73 Å². The van der Waals surface area contributed by atoms with Crippen LogP contribution in [0.15, 0.2) is 29.3 Å². The molecular formula is C19H24IN7O2S. The van der Waals surface area contributed by atoms with Crippen LogP contribution in [0, 0.1) is 8.35 Å². The van der Waals surface area contributed by atoms with E-state index in [2.05, 4.69) is 48.5 Å². The van der Waals surface area contributed by atoms with Crippen LogP contribution in [-0.2, 0) is 9.73 Å². The van der Waals surface area contributed by atoms with Crippen molar-refractivity contribution in [2.45, 2.75) is 30.6 Å². The molecule has 2 amide bonds. The summed E-state index contributed by atoms with van der Waals surface area (Å²) in [5.74, 6) is 1.39. The molecule has 0 spiro atoms.